The van der Waals surface area contributed by atoms with Crippen LogP contribution in [0.25, 0.3) is 16.8 Å². The minimum absolute atomic E-state index is 0.165. The maximum atomic E-state index is 6.15. The van der Waals surface area contributed by atoms with E-state index < -0.39 is 0 Å². The lowest BCUT2D eigenvalue weighted by Crippen LogP contribution is -2.43. The zero-order valence-corrected chi connectivity index (χ0v) is 12.3. The Morgan fingerprint density at radius 2 is 2.18 bits per heavy atom. The molecule has 0 aliphatic carbocycles. The van der Waals surface area contributed by atoms with Crippen LogP contribution in [0.5, 0.6) is 0 Å². The van der Waals surface area contributed by atoms with E-state index in [9.17, 15) is 0 Å². The molecule has 1 saturated heterocycles. The van der Waals surface area contributed by atoms with E-state index in [1.807, 2.05) is 25.5 Å². The second-order valence-corrected chi connectivity index (χ2v) is 5.51. The van der Waals surface area contributed by atoms with Crippen LogP contribution in [0.3, 0.4) is 0 Å². The summed E-state index contributed by atoms with van der Waals surface area (Å²) in [6.45, 7) is 2.74. The Balaban J connectivity index is 1.84. The van der Waals surface area contributed by atoms with Gasteiger partial charge in [-0.1, -0.05) is 0 Å². The molecule has 3 aromatic rings. The Morgan fingerprint density at radius 3 is 2.91 bits per heavy atom. The zero-order valence-electron chi connectivity index (χ0n) is 12.3. The molecule has 1 atom stereocenters. The molecule has 22 heavy (non-hydrogen) atoms. The first-order chi connectivity index (χ1) is 10.7. The van der Waals surface area contributed by atoms with Crippen LogP contribution in [0, 0.1) is 0 Å². The molecule has 8 nitrogen and oxygen atoms in total. The van der Waals surface area contributed by atoms with Gasteiger partial charge in [-0.15, -0.1) is 0 Å². The molecule has 4 rings (SSSR count). The number of hydrogen-bond acceptors (Lipinski definition) is 6. The molecule has 0 bridgehead atoms. The van der Waals surface area contributed by atoms with Crippen molar-refractivity contribution in [1.29, 1.82) is 0 Å². The third-order valence-corrected chi connectivity index (χ3v) is 3.93. The number of rotatable bonds is 2. The molecule has 3 aromatic heterocycles. The van der Waals surface area contributed by atoms with Gasteiger partial charge in [-0.3, -0.25) is 4.68 Å². The van der Waals surface area contributed by atoms with E-state index in [1.165, 1.54) is 0 Å². The second kappa shape index (κ2) is 5.08. The van der Waals surface area contributed by atoms with E-state index in [0.717, 1.165) is 42.1 Å². The highest BCUT2D eigenvalue weighted by molar-refractivity contribution is 5.77. The molecule has 0 amide bonds. The van der Waals surface area contributed by atoms with Gasteiger partial charge >= 0.3 is 0 Å². The lowest BCUT2D eigenvalue weighted by molar-refractivity contribution is 0.423. The van der Waals surface area contributed by atoms with Crippen LogP contribution in [-0.2, 0) is 7.05 Å². The maximum Gasteiger partial charge on any atom is 0.165 e. The lowest BCUT2D eigenvalue weighted by atomic mass is 10.1. The highest BCUT2D eigenvalue weighted by atomic mass is 15.3. The van der Waals surface area contributed by atoms with Gasteiger partial charge in [0.2, 0.25) is 0 Å². The van der Waals surface area contributed by atoms with Gasteiger partial charge in [-0.25, -0.2) is 4.98 Å². The number of anilines is 1. The van der Waals surface area contributed by atoms with Crippen LogP contribution in [0.2, 0.25) is 0 Å². The lowest BCUT2D eigenvalue weighted by Gasteiger charge is -2.24. The fourth-order valence-corrected chi connectivity index (χ4v) is 2.81. The Labute approximate surface area is 127 Å². The van der Waals surface area contributed by atoms with Gasteiger partial charge in [0, 0.05) is 50.1 Å². The number of nitrogens with zero attached hydrogens (tertiary/aromatic N) is 5. The zero-order chi connectivity index (χ0) is 15.1. The molecule has 0 saturated carbocycles. The van der Waals surface area contributed by atoms with Crippen molar-refractivity contribution in [1.82, 2.24) is 35.0 Å². The predicted octanol–water partition coefficient (Wildman–Crippen LogP) is -0.0541. The van der Waals surface area contributed by atoms with Crippen LogP contribution in [0.1, 0.15) is 11.7 Å². The first kappa shape index (κ1) is 13.2. The first-order valence-corrected chi connectivity index (χ1v) is 7.29. The number of nitrogens with one attached hydrogen (secondary N) is 2. The summed E-state index contributed by atoms with van der Waals surface area (Å²) in [6.07, 6.45) is 5.54. The van der Waals surface area contributed by atoms with E-state index in [-0.39, 0.29) is 6.04 Å². The SMILES string of the molecule is Cn1cc(-c2cnn3c(N)cc(C4CNCCN4)nc23)cn1. The highest BCUT2D eigenvalue weighted by Gasteiger charge is 2.19. The molecule has 8 heteroatoms. The Kier molecular flexibility index (Phi) is 3.05. The summed E-state index contributed by atoms with van der Waals surface area (Å²) in [4.78, 5) is 4.79. The molecule has 4 N–H and O–H groups in total. The molecular formula is C14H18N8. The summed E-state index contributed by atoms with van der Waals surface area (Å²) in [5.74, 6) is 0.586. The normalized spacial score (nSPS) is 18.9. The average Bonchev–Trinajstić information content (AvgIpc) is 3.14. The van der Waals surface area contributed by atoms with Crippen LogP contribution in [0.4, 0.5) is 5.82 Å². The molecule has 1 aliphatic heterocycles. The molecule has 0 aromatic carbocycles. The summed E-state index contributed by atoms with van der Waals surface area (Å²) in [7, 11) is 1.89. The third kappa shape index (κ3) is 2.13. The average molecular weight is 298 g/mol. The van der Waals surface area contributed by atoms with Gasteiger partial charge in [-0.05, 0) is 0 Å². The third-order valence-electron chi connectivity index (χ3n) is 3.93. The Bertz CT molecular complexity index is 811. The molecule has 0 spiro atoms. The summed E-state index contributed by atoms with van der Waals surface area (Å²) in [5.41, 5.74) is 9.76. The summed E-state index contributed by atoms with van der Waals surface area (Å²) in [6, 6.07) is 2.05. The van der Waals surface area contributed by atoms with Gasteiger partial charge in [0.05, 0.1) is 24.1 Å². The maximum absolute atomic E-state index is 6.15. The fraction of sp³-hybridized carbons (Fsp3) is 0.357. The Hall–Kier alpha value is -2.45. The Morgan fingerprint density at radius 1 is 1.27 bits per heavy atom. The molecular weight excluding hydrogens is 280 g/mol. The van der Waals surface area contributed by atoms with Crippen molar-refractivity contribution in [3.8, 4) is 11.1 Å². The topological polar surface area (TPSA) is 98.1 Å². The van der Waals surface area contributed by atoms with Gasteiger partial charge < -0.3 is 16.4 Å². The summed E-state index contributed by atoms with van der Waals surface area (Å²) in [5, 5.41) is 15.4. The number of nitrogens with two attached hydrogens (primary N) is 1. The highest BCUT2D eigenvalue weighted by Crippen LogP contribution is 2.26. The molecule has 114 valence electrons. The van der Waals surface area contributed by atoms with E-state index >= 15 is 0 Å². The van der Waals surface area contributed by atoms with Crippen LogP contribution >= 0.6 is 0 Å². The number of fused-ring (bicyclic) bond motifs is 1. The molecule has 4 heterocycles. The number of piperazine rings is 1. The quantitative estimate of drug-likeness (QED) is 0.613. The molecule has 1 aliphatic rings. The summed E-state index contributed by atoms with van der Waals surface area (Å²) < 4.78 is 3.43. The molecule has 1 fully saturated rings. The van der Waals surface area contributed by atoms with Crippen molar-refractivity contribution >= 4 is 11.5 Å². The predicted molar refractivity (Wildman–Crippen MR) is 83.2 cm³/mol. The van der Waals surface area contributed by atoms with Gasteiger partial charge in [0.25, 0.3) is 0 Å². The number of hydrogen-bond donors (Lipinski definition) is 3. The fourth-order valence-electron chi connectivity index (χ4n) is 2.81. The smallest absolute Gasteiger partial charge is 0.165 e. The van der Waals surface area contributed by atoms with Gasteiger partial charge in [-0.2, -0.15) is 14.7 Å². The minimum Gasteiger partial charge on any atom is -0.384 e. The van der Waals surface area contributed by atoms with Crippen molar-refractivity contribution in [2.24, 2.45) is 7.05 Å². The number of aromatic nitrogens is 5. The van der Waals surface area contributed by atoms with Crippen molar-refractivity contribution in [3.63, 3.8) is 0 Å². The van der Waals surface area contributed by atoms with E-state index in [1.54, 1.807) is 15.4 Å². The van der Waals surface area contributed by atoms with Crippen molar-refractivity contribution < 1.29 is 0 Å². The van der Waals surface area contributed by atoms with Gasteiger partial charge in [0.1, 0.15) is 5.82 Å². The molecule has 1 unspecified atom stereocenters. The first-order valence-electron chi connectivity index (χ1n) is 7.29. The van der Waals surface area contributed by atoms with Crippen LogP contribution in [-0.4, -0.2) is 44.0 Å². The largest absolute Gasteiger partial charge is 0.384 e. The number of aryl methyl sites for hydroxylation is 1. The van der Waals surface area contributed by atoms with E-state index in [4.69, 9.17) is 10.7 Å². The van der Waals surface area contributed by atoms with Crippen LogP contribution in [0.15, 0.2) is 24.7 Å². The van der Waals surface area contributed by atoms with Crippen LogP contribution < -0.4 is 16.4 Å². The van der Waals surface area contributed by atoms with Gasteiger partial charge in [0.15, 0.2) is 5.65 Å². The summed E-state index contributed by atoms with van der Waals surface area (Å²) >= 11 is 0. The monoisotopic (exact) mass is 298 g/mol. The standard InChI is InChI=1S/C14H18N8/c1-21-8-9(5-18-21)10-6-19-22-13(15)4-11(20-14(10)22)12-7-16-2-3-17-12/h4-6,8,12,16-17H,2-3,7,15H2,1H3. The second-order valence-electron chi connectivity index (χ2n) is 5.51. The minimum atomic E-state index is 0.165. The van der Waals surface area contributed by atoms with Crippen molar-refractivity contribution in [2.75, 3.05) is 25.4 Å². The van der Waals surface area contributed by atoms with Crippen molar-refractivity contribution in [2.45, 2.75) is 6.04 Å². The van der Waals surface area contributed by atoms with E-state index in [0.29, 0.717) is 5.82 Å². The molecule has 0 radical (unpaired) electrons. The van der Waals surface area contributed by atoms with Crippen molar-refractivity contribution in [3.05, 3.63) is 30.4 Å². The van der Waals surface area contributed by atoms with E-state index in [2.05, 4.69) is 20.8 Å². The number of nitrogen functional groups attached to an aromatic ring is 1.